The number of aromatic nitrogens is 2. The molecule has 84 valence electrons. The lowest BCUT2D eigenvalue weighted by molar-refractivity contribution is 0.0987. The first-order chi connectivity index (χ1) is 8.22. The minimum atomic E-state index is -0.225. The van der Waals surface area contributed by atoms with Crippen LogP contribution in [0.15, 0.2) is 36.7 Å². The van der Waals surface area contributed by atoms with Crippen LogP contribution >= 0.6 is 0 Å². The number of anilines is 1. The Morgan fingerprint density at radius 1 is 1.47 bits per heavy atom. The van der Waals surface area contributed by atoms with Gasteiger partial charge in [0, 0.05) is 19.4 Å². The van der Waals surface area contributed by atoms with Gasteiger partial charge in [-0.25, -0.2) is 4.98 Å². The van der Waals surface area contributed by atoms with Crippen LogP contribution in [-0.4, -0.2) is 22.9 Å². The summed E-state index contributed by atoms with van der Waals surface area (Å²) in [5.41, 5.74) is 0.741. The average Bonchev–Trinajstić information content (AvgIpc) is 2.91. The Bertz CT molecular complexity index is 551. The topological polar surface area (TPSA) is 72.8 Å². The predicted octanol–water partition coefficient (Wildman–Crippen LogP) is 1.56. The molecule has 2 aromatic heterocycles. The Balaban J connectivity index is 2.22. The Morgan fingerprint density at radius 2 is 2.29 bits per heavy atom. The molecule has 0 bridgehead atoms. The summed E-state index contributed by atoms with van der Waals surface area (Å²) in [5, 5.41) is 8.64. The quantitative estimate of drug-likeness (QED) is 0.844. The van der Waals surface area contributed by atoms with Crippen molar-refractivity contribution in [2.24, 2.45) is 0 Å². The third kappa shape index (κ3) is 2.16. The molecule has 0 fully saturated rings. The number of amides is 1. The summed E-state index contributed by atoms with van der Waals surface area (Å²) in [6, 6.07) is 8.67. The molecule has 5 nitrogen and oxygen atoms in total. The second kappa shape index (κ2) is 4.49. The van der Waals surface area contributed by atoms with Gasteiger partial charge in [-0.3, -0.25) is 9.69 Å². The van der Waals surface area contributed by atoms with Gasteiger partial charge in [0.25, 0.3) is 5.91 Å². The minimum Gasteiger partial charge on any atom is -0.348 e. The number of carbonyl (C=O) groups is 1. The van der Waals surface area contributed by atoms with Gasteiger partial charge >= 0.3 is 0 Å². The number of pyridine rings is 1. The monoisotopic (exact) mass is 226 g/mol. The van der Waals surface area contributed by atoms with E-state index in [9.17, 15) is 4.79 Å². The number of aromatic amines is 1. The van der Waals surface area contributed by atoms with Crippen LogP contribution in [-0.2, 0) is 0 Å². The van der Waals surface area contributed by atoms with Crippen molar-refractivity contribution < 1.29 is 4.79 Å². The molecule has 0 unspecified atom stereocenters. The smallest absolute Gasteiger partial charge is 0.277 e. The lowest BCUT2D eigenvalue weighted by atomic mass is 10.2. The predicted molar refractivity (Wildman–Crippen MR) is 62.5 cm³/mol. The zero-order chi connectivity index (χ0) is 12.3. The van der Waals surface area contributed by atoms with Crippen LogP contribution in [0.4, 0.5) is 5.82 Å². The number of rotatable bonds is 2. The molecule has 0 aromatic carbocycles. The van der Waals surface area contributed by atoms with Crippen molar-refractivity contribution >= 4 is 11.7 Å². The normalized spacial score (nSPS) is 9.65. The van der Waals surface area contributed by atoms with Gasteiger partial charge in [-0.05, 0) is 24.3 Å². The third-order valence-corrected chi connectivity index (χ3v) is 2.36. The molecule has 17 heavy (non-hydrogen) atoms. The number of H-pyrrole nitrogens is 1. The van der Waals surface area contributed by atoms with E-state index in [-0.39, 0.29) is 5.91 Å². The largest absolute Gasteiger partial charge is 0.348 e. The van der Waals surface area contributed by atoms with Crippen molar-refractivity contribution in [1.82, 2.24) is 9.97 Å². The summed E-state index contributed by atoms with van der Waals surface area (Å²) in [7, 11) is 1.66. The number of nitrogens with one attached hydrogen (secondary N) is 1. The van der Waals surface area contributed by atoms with Crippen molar-refractivity contribution in [3.8, 4) is 6.07 Å². The summed E-state index contributed by atoms with van der Waals surface area (Å²) in [4.78, 5) is 20.4. The van der Waals surface area contributed by atoms with Gasteiger partial charge in [0.2, 0.25) is 0 Å². The number of nitriles is 1. The van der Waals surface area contributed by atoms with Crippen LogP contribution in [0.1, 0.15) is 16.1 Å². The fourth-order valence-corrected chi connectivity index (χ4v) is 1.40. The summed E-state index contributed by atoms with van der Waals surface area (Å²) in [5.74, 6) is 0.470. The van der Waals surface area contributed by atoms with Crippen molar-refractivity contribution in [1.29, 1.82) is 5.26 Å². The van der Waals surface area contributed by atoms with E-state index in [4.69, 9.17) is 5.26 Å². The van der Waals surface area contributed by atoms with Gasteiger partial charge in [0.1, 0.15) is 17.6 Å². The number of hydrogen-bond donors (Lipinski definition) is 1. The van der Waals surface area contributed by atoms with E-state index in [0.29, 0.717) is 17.1 Å². The highest BCUT2D eigenvalue weighted by atomic mass is 16.2. The highest BCUT2D eigenvalue weighted by molar-refractivity contribution is 6.03. The van der Waals surface area contributed by atoms with Gasteiger partial charge in [-0.1, -0.05) is 0 Å². The SMILES string of the molecule is CN(C(=O)c1ccc(C#N)cn1)c1ccc[nH]1. The van der Waals surface area contributed by atoms with Crippen molar-refractivity contribution in [3.63, 3.8) is 0 Å². The Morgan fingerprint density at radius 3 is 2.82 bits per heavy atom. The lowest BCUT2D eigenvalue weighted by Crippen LogP contribution is -2.27. The fourth-order valence-electron chi connectivity index (χ4n) is 1.40. The van der Waals surface area contributed by atoms with E-state index in [1.165, 1.54) is 11.1 Å². The third-order valence-electron chi connectivity index (χ3n) is 2.36. The van der Waals surface area contributed by atoms with Gasteiger partial charge in [-0.2, -0.15) is 5.26 Å². The molecule has 5 heteroatoms. The zero-order valence-corrected chi connectivity index (χ0v) is 9.21. The molecule has 0 atom stereocenters. The summed E-state index contributed by atoms with van der Waals surface area (Å²) in [6.07, 6.45) is 3.13. The molecule has 2 heterocycles. The molecule has 0 saturated heterocycles. The van der Waals surface area contributed by atoms with Crippen LogP contribution in [0, 0.1) is 11.3 Å². The maximum Gasteiger partial charge on any atom is 0.277 e. The molecule has 0 aliphatic heterocycles. The Kier molecular flexibility index (Phi) is 2.88. The summed E-state index contributed by atoms with van der Waals surface area (Å²) >= 11 is 0. The maximum absolute atomic E-state index is 12.0. The molecular formula is C12H10N4O. The molecule has 2 aromatic rings. The molecule has 1 amide bonds. The van der Waals surface area contributed by atoms with Gasteiger partial charge in [0.15, 0.2) is 0 Å². The average molecular weight is 226 g/mol. The van der Waals surface area contributed by atoms with Crippen LogP contribution in [0.5, 0.6) is 0 Å². The molecule has 0 radical (unpaired) electrons. The lowest BCUT2D eigenvalue weighted by Gasteiger charge is -2.14. The van der Waals surface area contributed by atoms with E-state index < -0.39 is 0 Å². The molecule has 0 aliphatic carbocycles. The van der Waals surface area contributed by atoms with Crippen LogP contribution in [0.3, 0.4) is 0 Å². The molecule has 2 rings (SSSR count). The van der Waals surface area contributed by atoms with E-state index in [1.54, 1.807) is 31.4 Å². The highest BCUT2D eigenvalue weighted by Crippen LogP contribution is 2.11. The van der Waals surface area contributed by atoms with E-state index in [2.05, 4.69) is 9.97 Å². The van der Waals surface area contributed by atoms with Crippen molar-refractivity contribution in [2.45, 2.75) is 0 Å². The van der Waals surface area contributed by atoms with E-state index in [0.717, 1.165) is 0 Å². The van der Waals surface area contributed by atoms with Crippen LogP contribution in [0.2, 0.25) is 0 Å². The molecule has 0 spiro atoms. The Labute approximate surface area is 98.3 Å². The molecule has 1 N–H and O–H groups in total. The van der Waals surface area contributed by atoms with Gasteiger partial charge < -0.3 is 4.98 Å². The maximum atomic E-state index is 12.0. The first kappa shape index (κ1) is 10.9. The van der Waals surface area contributed by atoms with Crippen LogP contribution < -0.4 is 4.90 Å². The van der Waals surface area contributed by atoms with Crippen LogP contribution in [0.25, 0.3) is 0 Å². The second-order valence-electron chi connectivity index (χ2n) is 3.46. The molecule has 0 saturated carbocycles. The number of nitrogens with zero attached hydrogens (tertiary/aromatic N) is 3. The summed E-state index contributed by atoms with van der Waals surface area (Å²) < 4.78 is 0. The van der Waals surface area contributed by atoms with Crippen molar-refractivity contribution in [2.75, 3.05) is 11.9 Å². The molecular weight excluding hydrogens is 216 g/mol. The Hall–Kier alpha value is -2.61. The van der Waals surface area contributed by atoms with E-state index in [1.807, 2.05) is 12.1 Å². The highest BCUT2D eigenvalue weighted by Gasteiger charge is 2.14. The zero-order valence-electron chi connectivity index (χ0n) is 9.21. The molecule has 0 aliphatic rings. The summed E-state index contributed by atoms with van der Waals surface area (Å²) in [6.45, 7) is 0. The standard InChI is InChI=1S/C12H10N4O/c1-16(11-3-2-6-14-11)12(17)10-5-4-9(7-13)8-15-10/h2-6,8,14H,1H3. The van der Waals surface area contributed by atoms with Gasteiger partial charge in [0.05, 0.1) is 5.56 Å². The number of carbonyl (C=O) groups excluding carboxylic acids is 1. The first-order valence-electron chi connectivity index (χ1n) is 5.00. The first-order valence-corrected chi connectivity index (χ1v) is 5.00. The van der Waals surface area contributed by atoms with E-state index >= 15 is 0 Å². The number of hydrogen-bond acceptors (Lipinski definition) is 3. The second-order valence-corrected chi connectivity index (χ2v) is 3.46. The van der Waals surface area contributed by atoms with Crippen molar-refractivity contribution in [3.05, 3.63) is 47.9 Å². The fraction of sp³-hybridized carbons (Fsp3) is 0.0833. The van der Waals surface area contributed by atoms with Gasteiger partial charge in [-0.15, -0.1) is 0 Å². The minimum absolute atomic E-state index is 0.225.